The first-order valence-corrected chi connectivity index (χ1v) is 5.12. The Hall–Kier alpha value is -1.95. The van der Waals surface area contributed by atoms with Crippen LogP contribution in [-0.4, -0.2) is 12.0 Å². The third-order valence-corrected chi connectivity index (χ3v) is 1.74. The van der Waals surface area contributed by atoms with Crippen LogP contribution >= 0.6 is 0 Å². The van der Waals surface area contributed by atoms with Crippen molar-refractivity contribution < 1.29 is 9.53 Å². The predicted octanol–water partition coefficient (Wildman–Crippen LogP) is 1.70. The summed E-state index contributed by atoms with van der Waals surface area (Å²) in [6.45, 7) is 3.90. The van der Waals surface area contributed by atoms with Crippen LogP contribution in [0.25, 0.3) is 0 Å². The Morgan fingerprint density at radius 2 is 2.12 bits per heavy atom. The van der Waals surface area contributed by atoms with Crippen LogP contribution in [0.3, 0.4) is 0 Å². The lowest BCUT2D eigenvalue weighted by Crippen LogP contribution is -2.08. The van der Waals surface area contributed by atoms with E-state index in [0.717, 1.165) is 11.3 Å². The molecule has 3 nitrogen and oxygen atoms in total. The molecule has 1 amide bonds. The number of ether oxygens (including phenoxy) is 1. The van der Waals surface area contributed by atoms with E-state index in [4.69, 9.17) is 10.5 Å². The van der Waals surface area contributed by atoms with E-state index in [2.05, 4.69) is 11.8 Å². The van der Waals surface area contributed by atoms with Gasteiger partial charge in [0.2, 0.25) is 5.91 Å². The summed E-state index contributed by atoms with van der Waals surface area (Å²) in [6.07, 6.45) is 0.162. The molecular weight excluding hydrogens is 202 g/mol. The molecule has 0 aromatic heterocycles. The number of nitrogens with two attached hydrogens (primary N) is 1. The third kappa shape index (κ3) is 4.05. The third-order valence-electron chi connectivity index (χ3n) is 1.74. The lowest BCUT2D eigenvalue weighted by molar-refractivity contribution is -0.117. The molecule has 2 N–H and O–H groups in total. The highest BCUT2D eigenvalue weighted by Crippen LogP contribution is 2.17. The highest BCUT2D eigenvalue weighted by molar-refractivity contribution is 5.76. The van der Waals surface area contributed by atoms with Gasteiger partial charge in [0.25, 0.3) is 0 Å². The highest BCUT2D eigenvalue weighted by Gasteiger charge is 2.01. The average Bonchev–Trinajstić information content (AvgIpc) is 2.19. The minimum absolute atomic E-state index is 0.0655. The molecule has 0 saturated heterocycles. The Bertz CT molecular complexity index is 427. The van der Waals surface area contributed by atoms with Gasteiger partial charge in [-0.2, -0.15) is 0 Å². The first kappa shape index (κ1) is 12.1. The monoisotopic (exact) mass is 217 g/mol. The zero-order chi connectivity index (χ0) is 12.0. The topological polar surface area (TPSA) is 52.3 Å². The zero-order valence-corrected chi connectivity index (χ0v) is 9.49. The molecule has 0 unspecified atom stereocenters. The molecule has 0 bridgehead atoms. The quantitative estimate of drug-likeness (QED) is 0.783. The maximum Gasteiger partial charge on any atom is 0.229 e. The van der Waals surface area contributed by atoms with Gasteiger partial charge in [0, 0.05) is 0 Å². The van der Waals surface area contributed by atoms with E-state index in [0.29, 0.717) is 0 Å². The first-order valence-electron chi connectivity index (χ1n) is 5.12. The molecular formula is C13H15NO2. The fourth-order valence-corrected chi connectivity index (χ4v) is 1.15. The number of hydrogen-bond donors (Lipinski definition) is 1. The summed E-state index contributed by atoms with van der Waals surface area (Å²) in [4.78, 5) is 10.5. The molecule has 0 atom stereocenters. The van der Waals surface area contributed by atoms with E-state index in [9.17, 15) is 4.79 Å². The minimum Gasteiger partial charge on any atom is -0.490 e. The molecule has 84 valence electrons. The summed E-state index contributed by atoms with van der Waals surface area (Å²) < 4.78 is 5.58. The van der Waals surface area contributed by atoms with Gasteiger partial charge in [0.1, 0.15) is 5.75 Å². The van der Waals surface area contributed by atoms with Crippen molar-refractivity contribution in [3.05, 3.63) is 29.8 Å². The summed E-state index contributed by atoms with van der Waals surface area (Å²) in [5, 5.41) is 0. The Morgan fingerprint density at radius 1 is 1.44 bits per heavy atom. The van der Waals surface area contributed by atoms with Crippen LogP contribution in [0.4, 0.5) is 0 Å². The number of benzene rings is 1. The summed E-state index contributed by atoms with van der Waals surface area (Å²) in [5.74, 6) is 5.89. The molecule has 16 heavy (non-hydrogen) atoms. The molecule has 0 aliphatic rings. The second-order valence-corrected chi connectivity index (χ2v) is 3.61. The van der Waals surface area contributed by atoms with Crippen molar-refractivity contribution in [3.63, 3.8) is 0 Å². The van der Waals surface area contributed by atoms with Crippen LogP contribution in [0.15, 0.2) is 24.3 Å². The second-order valence-electron chi connectivity index (χ2n) is 3.61. The first-order chi connectivity index (χ1) is 7.59. The fourth-order valence-electron chi connectivity index (χ4n) is 1.15. The number of hydrogen-bond acceptors (Lipinski definition) is 2. The molecule has 1 aromatic carbocycles. The Kier molecular flexibility index (Phi) is 4.41. The van der Waals surface area contributed by atoms with Gasteiger partial charge in [-0.25, -0.2) is 0 Å². The lowest BCUT2D eigenvalue weighted by Gasteiger charge is -2.10. The maximum atomic E-state index is 10.5. The Labute approximate surface area is 95.6 Å². The van der Waals surface area contributed by atoms with Crippen molar-refractivity contribution in [2.24, 2.45) is 5.73 Å². The number of para-hydroxylation sites is 1. The van der Waals surface area contributed by atoms with Crippen LogP contribution in [0.1, 0.15) is 25.8 Å². The molecule has 0 aliphatic heterocycles. The van der Waals surface area contributed by atoms with Gasteiger partial charge in [-0.15, -0.1) is 0 Å². The second kappa shape index (κ2) is 5.82. The van der Waals surface area contributed by atoms with Gasteiger partial charge in [-0.1, -0.05) is 24.0 Å². The van der Waals surface area contributed by atoms with Crippen LogP contribution in [-0.2, 0) is 4.79 Å². The van der Waals surface area contributed by atoms with Crippen molar-refractivity contribution >= 4 is 5.91 Å². The van der Waals surface area contributed by atoms with Gasteiger partial charge >= 0.3 is 0 Å². The standard InChI is InChI=1S/C13H15NO2/c1-10(2)16-12-8-4-3-6-11(12)7-5-9-13(14)15/h3-4,6,8,10H,9H2,1-2H3,(H2,14,15). The SMILES string of the molecule is CC(C)Oc1ccccc1C#CCC(N)=O. The summed E-state index contributed by atoms with van der Waals surface area (Å²) >= 11 is 0. The fraction of sp³-hybridized carbons (Fsp3) is 0.308. The molecule has 0 heterocycles. The van der Waals surface area contributed by atoms with E-state index in [-0.39, 0.29) is 12.5 Å². The van der Waals surface area contributed by atoms with Crippen LogP contribution in [0.2, 0.25) is 0 Å². The summed E-state index contributed by atoms with van der Waals surface area (Å²) in [7, 11) is 0. The summed E-state index contributed by atoms with van der Waals surface area (Å²) in [6, 6.07) is 7.47. The van der Waals surface area contributed by atoms with E-state index in [1.54, 1.807) is 0 Å². The lowest BCUT2D eigenvalue weighted by atomic mass is 10.2. The van der Waals surface area contributed by atoms with E-state index in [1.807, 2.05) is 38.1 Å². The number of amides is 1. The average molecular weight is 217 g/mol. The van der Waals surface area contributed by atoms with Crippen molar-refractivity contribution in [1.29, 1.82) is 0 Å². The van der Waals surface area contributed by atoms with Crippen molar-refractivity contribution in [2.45, 2.75) is 26.4 Å². The smallest absolute Gasteiger partial charge is 0.229 e. The van der Waals surface area contributed by atoms with Crippen LogP contribution < -0.4 is 10.5 Å². The minimum atomic E-state index is -0.422. The summed E-state index contributed by atoms with van der Waals surface area (Å²) in [5.41, 5.74) is 5.78. The molecule has 3 heteroatoms. The van der Waals surface area contributed by atoms with E-state index in [1.165, 1.54) is 0 Å². The zero-order valence-electron chi connectivity index (χ0n) is 9.49. The molecule has 1 aromatic rings. The number of carbonyl (C=O) groups is 1. The normalized spacial score (nSPS) is 9.44. The van der Waals surface area contributed by atoms with Gasteiger partial charge in [-0.3, -0.25) is 4.79 Å². The maximum absolute atomic E-state index is 10.5. The number of carbonyl (C=O) groups excluding carboxylic acids is 1. The molecule has 0 fully saturated rings. The molecule has 0 aliphatic carbocycles. The molecule has 1 rings (SSSR count). The Balaban J connectivity index is 2.84. The van der Waals surface area contributed by atoms with Gasteiger partial charge in [0.15, 0.2) is 0 Å². The van der Waals surface area contributed by atoms with Gasteiger partial charge in [-0.05, 0) is 26.0 Å². The largest absolute Gasteiger partial charge is 0.490 e. The number of rotatable bonds is 3. The molecule has 0 saturated carbocycles. The van der Waals surface area contributed by atoms with Crippen molar-refractivity contribution in [3.8, 4) is 17.6 Å². The number of primary amides is 1. The van der Waals surface area contributed by atoms with Crippen LogP contribution in [0, 0.1) is 11.8 Å². The van der Waals surface area contributed by atoms with Gasteiger partial charge in [0.05, 0.1) is 18.1 Å². The van der Waals surface area contributed by atoms with Crippen molar-refractivity contribution in [2.75, 3.05) is 0 Å². The van der Waals surface area contributed by atoms with E-state index < -0.39 is 5.91 Å². The van der Waals surface area contributed by atoms with E-state index >= 15 is 0 Å². The molecule has 0 spiro atoms. The molecule has 0 radical (unpaired) electrons. The van der Waals surface area contributed by atoms with Crippen LogP contribution in [0.5, 0.6) is 5.75 Å². The highest BCUT2D eigenvalue weighted by atomic mass is 16.5. The van der Waals surface area contributed by atoms with Crippen molar-refractivity contribution in [1.82, 2.24) is 0 Å². The predicted molar refractivity (Wildman–Crippen MR) is 62.9 cm³/mol. The Morgan fingerprint density at radius 3 is 2.75 bits per heavy atom. The van der Waals surface area contributed by atoms with Gasteiger partial charge < -0.3 is 10.5 Å².